The second kappa shape index (κ2) is 5.75. The molecular weight excluding hydrogens is 255 g/mol. The zero-order chi connectivity index (χ0) is 13.9. The lowest BCUT2D eigenvalue weighted by atomic mass is 10.1. The summed E-state index contributed by atoms with van der Waals surface area (Å²) in [6.07, 6.45) is 5.58. The van der Waals surface area contributed by atoms with Crippen molar-refractivity contribution in [2.75, 3.05) is 0 Å². The second-order valence-corrected chi connectivity index (χ2v) is 5.37. The molecule has 3 nitrogen and oxygen atoms in total. The molecule has 0 radical (unpaired) electrons. The summed E-state index contributed by atoms with van der Waals surface area (Å²) in [6, 6.07) is 6.46. The minimum absolute atomic E-state index is 0.0174. The number of rotatable bonds is 3. The minimum atomic E-state index is -0.229. The van der Waals surface area contributed by atoms with Crippen molar-refractivity contribution in [1.82, 2.24) is 9.78 Å². The van der Waals surface area contributed by atoms with Crippen molar-refractivity contribution in [2.24, 2.45) is 0 Å². The van der Waals surface area contributed by atoms with Crippen LogP contribution in [0.15, 0.2) is 24.3 Å². The largest absolute Gasteiger partial charge is 0.390 e. The van der Waals surface area contributed by atoms with Gasteiger partial charge in [-0.15, -0.1) is 0 Å². The lowest BCUT2D eigenvalue weighted by Crippen LogP contribution is -2.07. The van der Waals surface area contributed by atoms with Gasteiger partial charge in [-0.1, -0.05) is 18.6 Å². The first kappa shape index (κ1) is 13.3. The topological polar surface area (TPSA) is 38.1 Å². The van der Waals surface area contributed by atoms with E-state index in [0.29, 0.717) is 6.54 Å². The number of fused-ring (bicyclic) bond motifs is 1. The van der Waals surface area contributed by atoms with E-state index in [1.165, 1.54) is 37.0 Å². The molecule has 0 bridgehead atoms. The van der Waals surface area contributed by atoms with E-state index in [-0.39, 0.29) is 12.4 Å². The first-order chi connectivity index (χ1) is 9.78. The smallest absolute Gasteiger partial charge is 0.123 e. The number of aliphatic hydroxyl groups is 1. The molecule has 106 valence electrons. The molecule has 4 heteroatoms. The van der Waals surface area contributed by atoms with Crippen LogP contribution in [-0.4, -0.2) is 14.9 Å². The molecular formula is C16H19FN2O. The molecule has 0 unspecified atom stereocenters. The van der Waals surface area contributed by atoms with Crippen LogP contribution >= 0.6 is 0 Å². The van der Waals surface area contributed by atoms with Crippen molar-refractivity contribution >= 4 is 0 Å². The van der Waals surface area contributed by atoms with Crippen LogP contribution in [0.4, 0.5) is 4.39 Å². The lowest BCUT2D eigenvalue weighted by molar-refractivity contribution is 0.267. The van der Waals surface area contributed by atoms with Gasteiger partial charge in [-0.2, -0.15) is 5.10 Å². The van der Waals surface area contributed by atoms with Gasteiger partial charge < -0.3 is 5.11 Å². The molecule has 1 aliphatic rings. The standard InChI is InChI=1S/C16H19FN2O/c17-13-8-6-12(7-9-13)10-19-16(11-20)14-4-2-1-3-5-15(14)18-19/h6-9,20H,1-5,10-11H2. The van der Waals surface area contributed by atoms with Crippen LogP contribution in [0, 0.1) is 5.82 Å². The quantitative estimate of drug-likeness (QED) is 0.874. The number of halogens is 1. The van der Waals surface area contributed by atoms with Gasteiger partial charge in [0.1, 0.15) is 5.82 Å². The van der Waals surface area contributed by atoms with Crippen LogP contribution in [0.1, 0.15) is 41.8 Å². The number of benzene rings is 1. The van der Waals surface area contributed by atoms with E-state index in [0.717, 1.165) is 29.8 Å². The Hall–Kier alpha value is -1.68. The number of aliphatic hydroxyl groups excluding tert-OH is 1. The van der Waals surface area contributed by atoms with Gasteiger partial charge in [-0.25, -0.2) is 4.39 Å². The zero-order valence-electron chi connectivity index (χ0n) is 11.5. The molecule has 1 aromatic heterocycles. The molecule has 20 heavy (non-hydrogen) atoms. The zero-order valence-corrected chi connectivity index (χ0v) is 11.5. The highest BCUT2D eigenvalue weighted by atomic mass is 19.1. The molecule has 0 amide bonds. The summed E-state index contributed by atoms with van der Waals surface area (Å²) in [6.45, 7) is 0.604. The Morgan fingerprint density at radius 2 is 1.85 bits per heavy atom. The average molecular weight is 274 g/mol. The molecule has 0 fully saturated rings. The second-order valence-electron chi connectivity index (χ2n) is 5.37. The van der Waals surface area contributed by atoms with E-state index < -0.39 is 0 Å². The Morgan fingerprint density at radius 1 is 1.10 bits per heavy atom. The van der Waals surface area contributed by atoms with Crippen molar-refractivity contribution < 1.29 is 9.50 Å². The maximum absolute atomic E-state index is 12.9. The number of hydrogen-bond donors (Lipinski definition) is 1. The Morgan fingerprint density at radius 3 is 2.60 bits per heavy atom. The molecule has 1 aromatic carbocycles. The fourth-order valence-electron chi connectivity index (χ4n) is 2.92. The monoisotopic (exact) mass is 274 g/mol. The Kier molecular flexibility index (Phi) is 3.83. The molecule has 0 atom stereocenters. The average Bonchev–Trinajstić information content (AvgIpc) is 2.62. The van der Waals surface area contributed by atoms with Crippen molar-refractivity contribution in [3.63, 3.8) is 0 Å². The molecule has 0 saturated carbocycles. The molecule has 0 spiro atoms. The third-order valence-electron chi connectivity index (χ3n) is 3.99. The van der Waals surface area contributed by atoms with Crippen LogP contribution in [0.5, 0.6) is 0 Å². The molecule has 3 rings (SSSR count). The van der Waals surface area contributed by atoms with Gasteiger partial charge in [0.05, 0.1) is 24.5 Å². The molecule has 2 aromatic rings. The highest BCUT2D eigenvalue weighted by molar-refractivity contribution is 5.28. The maximum atomic E-state index is 12.9. The SMILES string of the molecule is OCc1c2c(nn1Cc1ccc(F)cc1)CCCCC2. The lowest BCUT2D eigenvalue weighted by Gasteiger charge is -2.07. The summed E-state index contributed by atoms with van der Waals surface area (Å²) in [4.78, 5) is 0. The van der Waals surface area contributed by atoms with Gasteiger partial charge in [0.25, 0.3) is 0 Å². The summed E-state index contributed by atoms with van der Waals surface area (Å²) in [7, 11) is 0. The van der Waals surface area contributed by atoms with Crippen molar-refractivity contribution in [2.45, 2.75) is 45.3 Å². The maximum Gasteiger partial charge on any atom is 0.123 e. The Balaban J connectivity index is 1.91. The number of aryl methyl sites for hydroxylation is 1. The van der Waals surface area contributed by atoms with Gasteiger partial charge in [0.2, 0.25) is 0 Å². The molecule has 1 heterocycles. The first-order valence-electron chi connectivity index (χ1n) is 7.20. The molecule has 1 aliphatic carbocycles. The van der Waals surface area contributed by atoms with Gasteiger partial charge in [0.15, 0.2) is 0 Å². The van der Waals surface area contributed by atoms with Crippen molar-refractivity contribution in [3.8, 4) is 0 Å². The molecule has 1 N–H and O–H groups in total. The Bertz CT molecular complexity index is 589. The summed E-state index contributed by atoms with van der Waals surface area (Å²) in [5.41, 5.74) is 4.28. The van der Waals surface area contributed by atoms with Crippen LogP contribution in [0.3, 0.4) is 0 Å². The van der Waals surface area contributed by atoms with Crippen LogP contribution in [0.2, 0.25) is 0 Å². The van der Waals surface area contributed by atoms with Crippen LogP contribution in [-0.2, 0) is 26.0 Å². The van der Waals surface area contributed by atoms with E-state index in [9.17, 15) is 9.50 Å². The predicted molar refractivity (Wildman–Crippen MR) is 74.9 cm³/mol. The minimum Gasteiger partial charge on any atom is -0.390 e. The summed E-state index contributed by atoms with van der Waals surface area (Å²) in [5, 5.41) is 14.3. The van der Waals surface area contributed by atoms with E-state index >= 15 is 0 Å². The van der Waals surface area contributed by atoms with E-state index in [1.807, 2.05) is 4.68 Å². The third-order valence-corrected chi connectivity index (χ3v) is 3.99. The predicted octanol–water partition coefficient (Wildman–Crippen LogP) is 2.83. The summed E-state index contributed by atoms with van der Waals surface area (Å²) in [5.74, 6) is -0.229. The van der Waals surface area contributed by atoms with Gasteiger partial charge in [0, 0.05) is 0 Å². The van der Waals surface area contributed by atoms with Gasteiger partial charge >= 0.3 is 0 Å². The van der Waals surface area contributed by atoms with Crippen molar-refractivity contribution in [3.05, 3.63) is 52.6 Å². The van der Waals surface area contributed by atoms with Gasteiger partial charge in [-0.05, 0) is 48.9 Å². The fraction of sp³-hybridized carbons (Fsp3) is 0.438. The molecule has 0 aliphatic heterocycles. The number of aromatic nitrogens is 2. The summed E-state index contributed by atoms with van der Waals surface area (Å²) >= 11 is 0. The van der Waals surface area contributed by atoms with Crippen LogP contribution in [0.25, 0.3) is 0 Å². The normalized spacial score (nSPS) is 14.9. The number of nitrogens with zero attached hydrogens (tertiary/aromatic N) is 2. The highest BCUT2D eigenvalue weighted by Gasteiger charge is 2.18. The van der Waals surface area contributed by atoms with E-state index in [4.69, 9.17) is 0 Å². The van der Waals surface area contributed by atoms with E-state index in [1.54, 1.807) is 12.1 Å². The summed E-state index contributed by atoms with van der Waals surface area (Å²) < 4.78 is 14.8. The first-order valence-corrected chi connectivity index (χ1v) is 7.20. The van der Waals surface area contributed by atoms with Crippen LogP contribution < -0.4 is 0 Å². The van der Waals surface area contributed by atoms with Gasteiger partial charge in [-0.3, -0.25) is 4.68 Å². The highest BCUT2D eigenvalue weighted by Crippen LogP contribution is 2.24. The molecule has 0 saturated heterocycles. The third kappa shape index (κ3) is 2.61. The Labute approximate surface area is 118 Å². The number of hydrogen-bond acceptors (Lipinski definition) is 2. The van der Waals surface area contributed by atoms with Crippen molar-refractivity contribution in [1.29, 1.82) is 0 Å². The fourth-order valence-corrected chi connectivity index (χ4v) is 2.92. The van der Waals surface area contributed by atoms with E-state index in [2.05, 4.69) is 5.10 Å².